The van der Waals surface area contributed by atoms with Crippen molar-refractivity contribution < 1.29 is 35.3 Å². The Hall–Kier alpha value is -2.76. The highest BCUT2D eigenvalue weighted by Gasteiger charge is 2.49. The smallest absolute Gasteiger partial charge is 0.462 e. The minimum absolute atomic E-state index is 0.0225. The van der Waals surface area contributed by atoms with Gasteiger partial charge in [0, 0.05) is 21.2 Å². The third kappa shape index (κ3) is 5.65. The Morgan fingerprint density at radius 2 is 1.68 bits per heavy atom. The maximum Gasteiger partial charge on any atom is 0.534 e. The summed E-state index contributed by atoms with van der Waals surface area (Å²) in [6, 6.07) is 10.4. The van der Waals surface area contributed by atoms with Crippen LogP contribution in [-0.4, -0.2) is 36.3 Å². The van der Waals surface area contributed by atoms with Gasteiger partial charge in [0.2, 0.25) is 5.88 Å². The Labute approximate surface area is 203 Å². The summed E-state index contributed by atoms with van der Waals surface area (Å²) in [4.78, 5) is 11.8. The number of benzene rings is 2. The van der Waals surface area contributed by atoms with Crippen molar-refractivity contribution in [1.29, 1.82) is 0 Å². The zero-order valence-corrected chi connectivity index (χ0v) is 20.0. The monoisotopic (exact) mass is 536 g/mol. The standard InChI is InChI=1S/C21H17Cl2F3N2O5S/c1-3-32-20(29)14-6-4-13(5-7-14)11-28-19(33-34(30,31)21(24,25)26)12(2)18(27-28)15-8-16(22)10-17(23)9-15/h4-10H,3,11H2,1-2H3. The van der Waals surface area contributed by atoms with Crippen LogP contribution in [0.3, 0.4) is 0 Å². The predicted octanol–water partition coefficient (Wildman–Crippen LogP) is 5.62. The molecule has 1 heterocycles. The van der Waals surface area contributed by atoms with E-state index in [1.54, 1.807) is 6.92 Å². The van der Waals surface area contributed by atoms with Crippen LogP contribution in [0.5, 0.6) is 5.88 Å². The van der Waals surface area contributed by atoms with E-state index < -0.39 is 27.5 Å². The summed E-state index contributed by atoms with van der Waals surface area (Å²) in [5.74, 6) is -1.16. The lowest BCUT2D eigenvalue weighted by Crippen LogP contribution is -2.29. The number of halogens is 5. The van der Waals surface area contributed by atoms with Gasteiger partial charge in [0.15, 0.2) is 0 Å². The highest BCUT2D eigenvalue weighted by atomic mass is 35.5. The van der Waals surface area contributed by atoms with Crippen LogP contribution in [0.1, 0.15) is 28.4 Å². The molecule has 0 unspecified atom stereocenters. The lowest BCUT2D eigenvalue weighted by Gasteiger charge is -2.12. The fourth-order valence-electron chi connectivity index (χ4n) is 3.00. The average molecular weight is 537 g/mol. The number of rotatable bonds is 7. The molecule has 0 spiro atoms. The number of hydrogen-bond donors (Lipinski definition) is 0. The topological polar surface area (TPSA) is 87.5 Å². The van der Waals surface area contributed by atoms with E-state index in [1.165, 1.54) is 49.4 Å². The maximum atomic E-state index is 13.0. The van der Waals surface area contributed by atoms with Crippen LogP contribution in [0.4, 0.5) is 13.2 Å². The number of aromatic nitrogens is 2. The summed E-state index contributed by atoms with van der Waals surface area (Å²) in [5, 5.41) is 4.75. The molecule has 0 bridgehead atoms. The van der Waals surface area contributed by atoms with Gasteiger partial charge in [0.1, 0.15) is 0 Å². The van der Waals surface area contributed by atoms with Gasteiger partial charge in [-0.1, -0.05) is 35.3 Å². The molecule has 7 nitrogen and oxygen atoms in total. The molecular weight excluding hydrogens is 520 g/mol. The normalized spacial score (nSPS) is 12.0. The van der Waals surface area contributed by atoms with Gasteiger partial charge in [-0.05, 0) is 49.7 Å². The number of esters is 1. The molecule has 0 N–H and O–H groups in total. The van der Waals surface area contributed by atoms with E-state index in [2.05, 4.69) is 9.28 Å². The molecule has 13 heteroatoms. The van der Waals surface area contributed by atoms with Crippen molar-refractivity contribution in [3.63, 3.8) is 0 Å². The molecule has 0 aliphatic heterocycles. The lowest BCUT2D eigenvalue weighted by atomic mass is 10.1. The second-order valence-corrected chi connectivity index (χ2v) is 9.41. The summed E-state index contributed by atoms with van der Waals surface area (Å²) in [5.41, 5.74) is -4.38. The number of hydrogen-bond acceptors (Lipinski definition) is 6. The van der Waals surface area contributed by atoms with Crippen molar-refractivity contribution in [1.82, 2.24) is 9.78 Å². The Balaban J connectivity index is 2.06. The Morgan fingerprint density at radius 3 is 2.21 bits per heavy atom. The van der Waals surface area contributed by atoms with Crippen LogP contribution >= 0.6 is 23.2 Å². The van der Waals surface area contributed by atoms with Crippen LogP contribution in [0.15, 0.2) is 42.5 Å². The quantitative estimate of drug-likeness (QED) is 0.221. The molecule has 34 heavy (non-hydrogen) atoms. The molecule has 0 radical (unpaired) electrons. The summed E-state index contributed by atoms with van der Waals surface area (Å²) < 4.78 is 72.8. The molecule has 0 atom stereocenters. The first-order chi connectivity index (χ1) is 15.8. The average Bonchev–Trinajstić information content (AvgIpc) is 3.02. The van der Waals surface area contributed by atoms with Crippen molar-refractivity contribution in [3.05, 3.63) is 69.2 Å². The van der Waals surface area contributed by atoms with Gasteiger partial charge < -0.3 is 8.92 Å². The molecule has 0 aliphatic carbocycles. The van der Waals surface area contributed by atoms with E-state index >= 15 is 0 Å². The van der Waals surface area contributed by atoms with Crippen molar-refractivity contribution in [2.24, 2.45) is 0 Å². The number of carbonyl (C=O) groups excluding carboxylic acids is 1. The molecule has 2 aromatic carbocycles. The zero-order valence-electron chi connectivity index (χ0n) is 17.7. The van der Waals surface area contributed by atoms with Gasteiger partial charge in [0.05, 0.1) is 24.4 Å². The second-order valence-electron chi connectivity index (χ2n) is 7.00. The first-order valence-electron chi connectivity index (χ1n) is 9.63. The number of nitrogens with zero attached hydrogens (tertiary/aromatic N) is 2. The highest BCUT2D eigenvalue weighted by Crippen LogP contribution is 2.36. The first-order valence-corrected chi connectivity index (χ1v) is 11.8. The summed E-state index contributed by atoms with van der Waals surface area (Å²) >= 11 is 12.1. The van der Waals surface area contributed by atoms with E-state index in [1.807, 2.05) is 0 Å². The molecule has 3 aromatic rings. The molecule has 3 rings (SSSR count). The third-order valence-corrected chi connectivity index (χ3v) is 5.92. The second kappa shape index (κ2) is 9.85. The minimum Gasteiger partial charge on any atom is -0.462 e. The van der Waals surface area contributed by atoms with Gasteiger partial charge >= 0.3 is 21.6 Å². The summed E-state index contributed by atoms with van der Waals surface area (Å²) in [6.07, 6.45) is 0. The third-order valence-electron chi connectivity index (χ3n) is 4.54. The van der Waals surface area contributed by atoms with Crippen molar-refractivity contribution in [2.45, 2.75) is 25.9 Å². The highest BCUT2D eigenvalue weighted by molar-refractivity contribution is 7.88. The molecule has 0 aliphatic rings. The Bertz CT molecular complexity index is 1300. The maximum absolute atomic E-state index is 13.0. The summed E-state index contributed by atoms with van der Waals surface area (Å²) in [6.45, 7) is 3.05. The van der Waals surface area contributed by atoms with Crippen LogP contribution < -0.4 is 4.18 Å². The van der Waals surface area contributed by atoms with Crippen LogP contribution in [-0.2, 0) is 21.4 Å². The number of carbonyl (C=O) groups is 1. The molecule has 0 fully saturated rings. The predicted molar refractivity (Wildman–Crippen MR) is 120 cm³/mol. The molecule has 0 amide bonds. The molecular formula is C21H17Cl2F3N2O5S. The number of alkyl halides is 3. The largest absolute Gasteiger partial charge is 0.534 e. The van der Waals surface area contributed by atoms with Crippen molar-refractivity contribution in [2.75, 3.05) is 6.61 Å². The van der Waals surface area contributed by atoms with E-state index in [0.717, 1.165) is 4.68 Å². The van der Waals surface area contributed by atoms with Crippen molar-refractivity contribution >= 4 is 39.3 Å². The van der Waals surface area contributed by atoms with Crippen LogP contribution in [0.25, 0.3) is 11.3 Å². The van der Waals surface area contributed by atoms with Crippen molar-refractivity contribution in [3.8, 4) is 17.1 Å². The SMILES string of the molecule is CCOC(=O)c1ccc(Cn2nc(-c3cc(Cl)cc(Cl)c3)c(C)c2OS(=O)(=O)C(F)(F)F)cc1. The molecule has 1 aromatic heterocycles. The summed E-state index contributed by atoms with van der Waals surface area (Å²) in [7, 11) is -5.97. The fourth-order valence-corrected chi connectivity index (χ4v) is 4.04. The van der Waals surface area contributed by atoms with Gasteiger partial charge in [-0.25, -0.2) is 9.48 Å². The fraction of sp³-hybridized carbons (Fsp3) is 0.238. The molecule has 0 saturated carbocycles. The molecule has 182 valence electrons. The van der Waals surface area contributed by atoms with E-state index in [0.29, 0.717) is 11.1 Å². The Morgan fingerprint density at radius 1 is 1.09 bits per heavy atom. The first kappa shape index (κ1) is 25.9. The van der Waals surface area contributed by atoms with E-state index in [-0.39, 0.29) is 40.0 Å². The van der Waals surface area contributed by atoms with Gasteiger partial charge in [-0.15, -0.1) is 0 Å². The van der Waals surface area contributed by atoms with E-state index in [9.17, 15) is 26.4 Å². The lowest BCUT2D eigenvalue weighted by molar-refractivity contribution is -0.0502. The van der Waals surface area contributed by atoms with Gasteiger partial charge in [-0.3, -0.25) is 0 Å². The van der Waals surface area contributed by atoms with Gasteiger partial charge in [0.25, 0.3) is 0 Å². The van der Waals surface area contributed by atoms with Crippen LogP contribution in [0, 0.1) is 6.92 Å². The van der Waals surface area contributed by atoms with Crippen LogP contribution in [0.2, 0.25) is 10.0 Å². The van der Waals surface area contributed by atoms with E-state index in [4.69, 9.17) is 27.9 Å². The zero-order chi connectivity index (χ0) is 25.3. The molecule has 0 saturated heterocycles. The number of ether oxygens (including phenoxy) is 1. The van der Waals surface area contributed by atoms with Gasteiger partial charge in [-0.2, -0.15) is 26.7 Å². The Kier molecular flexibility index (Phi) is 7.49. The minimum atomic E-state index is -5.97.